The molecule has 5 atom stereocenters. The molecule has 0 aromatic carbocycles. The first kappa shape index (κ1) is 15.7. The van der Waals surface area contributed by atoms with Crippen molar-refractivity contribution >= 4 is 11.8 Å². The molecule has 2 fully saturated rings. The summed E-state index contributed by atoms with van der Waals surface area (Å²) in [6.07, 6.45) is 8.43. The van der Waals surface area contributed by atoms with E-state index in [-0.39, 0.29) is 0 Å². The van der Waals surface area contributed by atoms with E-state index in [0.29, 0.717) is 4.75 Å². The van der Waals surface area contributed by atoms with Crippen molar-refractivity contribution in [2.24, 2.45) is 17.8 Å². The average Bonchev–Trinajstić information content (AvgIpc) is 2.82. The third-order valence-corrected chi connectivity index (χ3v) is 7.24. The molecule has 1 aliphatic carbocycles. The fourth-order valence-electron chi connectivity index (χ4n) is 4.12. The third kappa shape index (κ3) is 3.69. The van der Waals surface area contributed by atoms with E-state index in [0.717, 1.165) is 23.8 Å². The van der Waals surface area contributed by atoms with Crippen molar-refractivity contribution in [1.29, 1.82) is 0 Å². The second-order valence-corrected chi connectivity index (χ2v) is 8.85. The minimum absolute atomic E-state index is 0.500. The number of hydrogen-bond acceptors (Lipinski definition) is 2. The summed E-state index contributed by atoms with van der Waals surface area (Å²) in [6, 6.07) is 0.745. The summed E-state index contributed by atoms with van der Waals surface area (Å²) in [6.45, 7) is 10.9. The average molecular weight is 284 g/mol. The van der Waals surface area contributed by atoms with Gasteiger partial charge in [-0.05, 0) is 69.1 Å². The molecule has 1 saturated carbocycles. The van der Waals surface area contributed by atoms with E-state index < -0.39 is 0 Å². The van der Waals surface area contributed by atoms with Crippen LogP contribution < -0.4 is 5.32 Å². The highest BCUT2D eigenvalue weighted by molar-refractivity contribution is 8.00. The Hall–Kier alpha value is 0.310. The molecule has 1 aliphatic heterocycles. The van der Waals surface area contributed by atoms with Gasteiger partial charge in [0.1, 0.15) is 0 Å². The lowest BCUT2D eigenvalue weighted by Gasteiger charge is -2.44. The molecule has 112 valence electrons. The summed E-state index contributed by atoms with van der Waals surface area (Å²) in [5.74, 6) is 4.14. The largest absolute Gasteiger partial charge is 0.312 e. The van der Waals surface area contributed by atoms with E-state index in [9.17, 15) is 0 Å². The van der Waals surface area contributed by atoms with Gasteiger partial charge in [-0.1, -0.05) is 27.2 Å². The summed E-state index contributed by atoms with van der Waals surface area (Å²) in [4.78, 5) is 0. The van der Waals surface area contributed by atoms with Gasteiger partial charge in [0.2, 0.25) is 0 Å². The molecule has 5 unspecified atom stereocenters. The standard InChI is InChI=1S/C17H33NS/c1-5-10-18-16(17(4)9-6-11-19-17)15-8-7-13(2)14(3)12-15/h13-16,18H,5-12H2,1-4H3. The van der Waals surface area contributed by atoms with Crippen molar-refractivity contribution < 1.29 is 0 Å². The number of rotatable bonds is 5. The van der Waals surface area contributed by atoms with E-state index >= 15 is 0 Å². The molecule has 2 aliphatic rings. The molecule has 0 radical (unpaired) electrons. The second-order valence-electron chi connectivity index (χ2n) is 7.22. The zero-order valence-corrected chi connectivity index (χ0v) is 14.2. The van der Waals surface area contributed by atoms with Crippen LogP contribution in [0.3, 0.4) is 0 Å². The van der Waals surface area contributed by atoms with Crippen LogP contribution in [0.1, 0.15) is 66.2 Å². The minimum atomic E-state index is 0.500. The molecular formula is C17H33NS. The third-order valence-electron chi connectivity index (χ3n) is 5.63. The van der Waals surface area contributed by atoms with Gasteiger partial charge in [-0.2, -0.15) is 11.8 Å². The number of thioether (sulfide) groups is 1. The summed E-state index contributed by atoms with van der Waals surface area (Å²) in [7, 11) is 0. The van der Waals surface area contributed by atoms with Gasteiger partial charge in [0.15, 0.2) is 0 Å². The van der Waals surface area contributed by atoms with Crippen molar-refractivity contribution in [3.63, 3.8) is 0 Å². The highest BCUT2D eigenvalue weighted by Gasteiger charge is 2.43. The van der Waals surface area contributed by atoms with Crippen LogP contribution in [0.25, 0.3) is 0 Å². The zero-order chi connectivity index (χ0) is 13.9. The first-order chi connectivity index (χ1) is 9.07. The topological polar surface area (TPSA) is 12.0 Å². The molecule has 0 bridgehead atoms. The molecule has 2 rings (SSSR count). The molecule has 1 saturated heterocycles. The highest BCUT2D eigenvalue weighted by atomic mass is 32.2. The summed E-state index contributed by atoms with van der Waals surface area (Å²) in [5.41, 5.74) is 0. The smallest absolute Gasteiger partial charge is 0.0287 e. The Labute approximate surface area is 124 Å². The maximum Gasteiger partial charge on any atom is 0.0287 e. The van der Waals surface area contributed by atoms with Crippen molar-refractivity contribution in [3.05, 3.63) is 0 Å². The SMILES string of the molecule is CCCNC(C1CCC(C)C(C)C1)C1(C)CCCS1. The van der Waals surface area contributed by atoms with Gasteiger partial charge in [0.05, 0.1) is 0 Å². The number of hydrogen-bond donors (Lipinski definition) is 1. The van der Waals surface area contributed by atoms with Gasteiger partial charge < -0.3 is 5.32 Å². The molecule has 1 heterocycles. The molecule has 0 aromatic rings. The van der Waals surface area contributed by atoms with Crippen LogP contribution in [0.15, 0.2) is 0 Å². The molecule has 0 amide bonds. The van der Waals surface area contributed by atoms with Crippen LogP contribution >= 0.6 is 11.8 Å². The maximum atomic E-state index is 3.94. The molecule has 2 heteroatoms. The van der Waals surface area contributed by atoms with E-state index in [1.165, 1.54) is 50.8 Å². The molecule has 1 N–H and O–H groups in total. The van der Waals surface area contributed by atoms with Crippen LogP contribution in [0.2, 0.25) is 0 Å². The first-order valence-electron chi connectivity index (χ1n) is 8.44. The Kier molecular flexibility index (Phi) is 5.65. The van der Waals surface area contributed by atoms with Crippen molar-refractivity contribution in [1.82, 2.24) is 5.32 Å². The van der Waals surface area contributed by atoms with Gasteiger partial charge in [0.25, 0.3) is 0 Å². The van der Waals surface area contributed by atoms with E-state index in [2.05, 4.69) is 44.8 Å². The second kappa shape index (κ2) is 6.85. The van der Waals surface area contributed by atoms with E-state index in [1.54, 1.807) is 0 Å². The fourth-order valence-corrected chi connectivity index (χ4v) is 5.62. The van der Waals surface area contributed by atoms with Crippen molar-refractivity contribution in [2.45, 2.75) is 77.0 Å². The first-order valence-corrected chi connectivity index (χ1v) is 9.42. The predicted molar refractivity (Wildman–Crippen MR) is 87.8 cm³/mol. The van der Waals surface area contributed by atoms with Gasteiger partial charge in [-0.3, -0.25) is 0 Å². The predicted octanol–water partition coefficient (Wildman–Crippen LogP) is 4.71. The lowest BCUT2D eigenvalue weighted by atomic mass is 9.70. The molecule has 1 nitrogen and oxygen atoms in total. The fraction of sp³-hybridized carbons (Fsp3) is 1.00. The van der Waals surface area contributed by atoms with Gasteiger partial charge in [0, 0.05) is 10.8 Å². The van der Waals surface area contributed by atoms with Gasteiger partial charge in [-0.15, -0.1) is 0 Å². The summed E-state index contributed by atoms with van der Waals surface area (Å²) in [5, 5.41) is 3.94. The molecule has 19 heavy (non-hydrogen) atoms. The van der Waals surface area contributed by atoms with Gasteiger partial charge in [-0.25, -0.2) is 0 Å². The normalized spacial score (nSPS) is 41.4. The Balaban J connectivity index is 2.04. The van der Waals surface area contributed by atoms with Crippen molar-refractivity contribution in [3.8, 4) is 0 Å². The highest BCUT2D eigenvalue weighted by Crippen LogP contribution is 2.46. The number of nitrogens with one attached hydrogen (secondary N) is 1. The van der Waals surface area contributed by atoms with Crippen LogP contribution in [-0.2, 0) is 0 Å². The van der Waals surface area contributed by atoms with Gasteiger partial charge >= 0.3 is 0 Å². The van der Waals surface area contributed by atoms with Crippen LogP contribution in [-0.4, -0.2) is 23.1 Å². The molecule has 0 spiro atoms. The van der Waals surface area contributed by atoms with Crippen LogP contribution in [0.5, 0.6) is 0 Å². The van der Waals surface area contributed by atoms with Crippen LogP contribution in [0, 0.1) is 17.8 Å². The molecular weight excluding hydrogens is 250 g/mol. The Morgan fingerprint density at radius 2 is 2.05 bits per heavy atom. The van der Waals surface area contributed by atoms with E-state index in [4.69, 9.17) is 0 Å². The van der Waals surface area contributed by atoms with E-state index in [1.807, 2.05) is 0 Å². The quantitative estimate of drug-likeness (QED) is 0.784. The lowest BCUT2D eigenvalue weighted by Crippen LogP contribution is -2.51. The Morgan fingerprint density at radius 1 is 1.26 bits per heavy atom. The zero-order valence-electron chi connectivity index (χ0n) is 13.4. The Morgan fingerprint density at radius 3 is 2.63 bits per heavy atom. The van der Waals surface area contributed by atoms with Crippen LogP contribution in [0.4, 0.5) is 0 Å². The monoisotopic (exact) mass is 283 g/mol. The van der Waals surface area contributed by atoms with Crippen molar-refractivity contribution in [2.75, 3.05) is 12.3 Å². The lowest BCUT2D eigenvalue weighted by molar-refractivity contribution is 0.153. The Bertz CT molecular complexity index is 272. The minimum Gasteiger partial charge on any atom is -0.312 e. The maximum absolute atomic E-state index is 3.94. The molecule has 0 aromatic heterocycles. The summed E-state index contributed by atoms with van der Waals surface area (Å²) < 4.78 is 0.500. The summed E-state index contributed by atoms with van der Waals surface area (Å²) >= 11 is 2.24.